The van der Waals surface area contributed by atoms with E-state index < -0.39 is 40.5 Å². The van der Waals surface area contributed by atoms with E-state index in [9.17, 15) is 23.7 Å². The molecule has 2 heterocycles. The van der Waals surface area contributed by atoms with E-state index in [1.807, 2.05) is 0 Å². The van der Waals surface area contributed by atoms with Crippen molar-refractivity contribution in [3.63, 3.8) is 0 Å². The molecule has 0 aliphatic carbocycles. The highest BCUT2D eigenvalue weighted by Gasteiger charge is 2.41. The van der Waals surface area contributed by atoms with Gasteiger partial charge in [0.05, 0.1) is 9.89 Å². The molecule has 1 aliphatic rings. The van der Waals surface area contributed by atoms with Crippen LogP contribution >= 0.6 is 27.3 Å². The Bertz CT molecular complexity index is 591. The summed E-state index contributed by atoms with van der Waals surface area (Å²) in [5, 5.41) is 29.1. The summed E-state index contributed by atoms with van der Waals surface area (Å²) >= 11 is 4.24. The maximum atomic E-state index is 12.1. The van der Waals surface area contributed by atoms with Crippen molar-refractivity contribution in [1.82, 2.24) is 4.72 Å². The van der Waals surface area contributed by atoms with Crippen molar-refractivity contribution in [3.05, 3.63) is 15.9 Å². The van der Waals surface area contributed by atoms with Crippen LogP contribution in [0.15, 0.2) is 20.1 Å². The number of sulfonamides is 1. The van der Waals surface area contributed by atoms with Gasteiger partial charge in [0, 0.05) is 6.54 Å². The van der Waals surface area contributed by atoms with Crippen LogP contribution in [0.4, 0.5) is 0 Å². The van der Waals surface area contributed by atoms with Gasteiger partial charge in [0.1, 0.15) is 28.6 Å². The zero-order chi connectivity index (χ0) is 15.8. The number of halogens is 1. The van der Waals surface area contributed by atoms with Crippen molar-refractivity contribution in [3.8, 4) is 0 Å². The Morgan fingerprint density at radius 2 is 1.95 bits per heavy atom. The maximum absolute atomic E-state index is 12.1. The summed E-state index contributed by atoms with van der Waals surface area (Å²) in [5.74, 6) is 0. The number of hydrogen-bond donors (Lipinski definition) is 4. The van der Waals surface area contributed by atoms with E-state index in [2.05, 4.69) is 20.7 Å². The van der Waals surface area contributed by atoms with E-state index in [4.69, 9.17) is 4.74 Å². The number of aliphatic hydroxyl groups is 3. The molecule has 0 amide bonds. The summed E-state index contributed by atoms with van der Waals surface area (Å²) in [6.07, 6.45) is -5.58. The van der Waals surface area contributed by atoms with Gasteiger partial charge < -0.3 is 20.1 Å². The topological polar surface area (TPSA) is 116 Å². The van der Waals surface area contributed by atoms with Gasteiger partial charge in [-0.25, -0.2) is 13.1 Å². The van der Waals surface area contributed by atoms with Crippen LogP contribution in [0.3, 0.4) is 0 Å². The molecule has 4 N–H and O–H groups in total. The van der Waals surface area contributed by atoms with Crippen molar-refractivity contribution in [1.29, 1.82) is 0 Å². The first-order valence-corrected chi connectivity index (χ1v) is 9.26. The predicted molar refractivity (Wildman–Crippen MR) is 79.6 cm³/mol. The molecular formula is C11H16BrNO6S2. The van der Waals surface area contributed by atoms with Gasteiger partial charge >= 0.3 is 0 Å². The fourth-order valence-corrected chi connectivity index (χ4v) is 5.11. The Morgan fingerprint density at radius 3 is 2.52 bits per heavy atom. The van der Waals surface area contributed by atoms with E-state index >= 15 is 0 Å². The van der Waals surface area contributed by atoms with Crippen LogP contribution in [0.25, 0.3) is 0 Å². The highest BCUT2D eigenvalue weighted by Crippen LogP contribution is 2.26. The Labute approximate surface area is 134 Å². The predicted octanol–water partition coefficient (Wildman–Crippen LogP) is -0.341. The quantitative estimate of drug-likeness (QED) is 0.548. The molecule has 1 aromatic heterocycles. The lowest BCUT2D eigenvalue weighted by Gasteiger charge is -2.39. The molecule has 21 heavy (non-hydrogen) atoms. The second kappa shape index (κ2) is 6.59. The van der Waals surface area contributed by atoms with Crippen LogP contribution in [-0.2, 0) is 14.8 Å². The fourth-order valence-electron chi connectivity index (χ4n) is 2.01. The van der Waals surface area contributed by atoms with Crippen LogP contribution in [0.5, 0.6) is 0 Å². The molecule has 5 atom stereocenters. The SMILES string of the molecule is C[C@@H]1O[C@H](CNS(=O)(=O)c2ccc(Br)s2)[C@@H](O)[C@H](O)[C@@H]1O. The van der Waals surface area contributed by atoms with E-state index in [0.717, 1.165) is 11.3 Å². The van der Waals surface area contributed by atoms with Crippen LogP contribution in [-0.4, -0.2) is 60.8 Å². The number of ether oxygens (including phenoxy) is 1. The number of thiophene rings is 1. The van der Waals surface area contributed by atoms with Gasteiger partial charge in [0.15, 0.2) is 0 Å². The summed E-state index contributed by atoms with van der Waals surface area (Å²) in [6, 6.07) is 3.07. The third-order valence-electron chi connectivity index (χ3n) is 3.24. The number of nitrogens with one attached hydrogen (secondary N) is 1. The highest BCUT2D eigenvalue weighted by molar-refractivity contribution is 9.11. The van der Waals surface area contributed by atoms with Crippen LogP contribution < -0.4 is 4.72 Å². The van der Waals surface area contributed by atoms with E-state index in [1.165, 1.54) is 13.0 Å². The molecule has 2 rings (SSSR count). The molecule has 0 spiro atoms. The summed E-state index contributed by atoms with van der Waals surface area (Å²) < 4.78 is 32.6. The minimum absolute atomic E-state index is 0.133. The van der Waals surface area contributed by atoms with Crippen molar-refractivity contribution >= 4 is 37.3 Å². The molecule has 0 bridgehead atoms. The molecule has 1 saturated heterocycles. The molecule has 1 aromatic rings. The second-order valence-electron chi connectivity index (χ2n) is 4.76. The fraction of sp³-hybridized carbons (Fsp3) is 0.636. The summed E-state index contributed by atoms with van der Waals surface area (Å²) in [5.41, 5.74) is 0. The maximum Gasteiger partial charge on any atom is 0.250 e. The average Bonchev–Trinajstić information content (AvgIpc) is 2.86. The van der Waals surface area contributed by atoms with Gasteiger partial charge in [0.2, 0.25) is 10.0 Å². The van der Waals surface area contributed by atoms with Crippen molar-refractivity contribution < 1.29 is 28.5 Å². The normalized spacial score (nSPS) is 34.0. The zero-order valence-electron chi connectivity index (χ0n) is 11.0. The molecule has 1 fully saturated rings. The van der Waals surface area contributed by atoms with Crippen molar-refractivity contribution in [2.24, 2.45) is 0 Å². The Morgan fingerprint density at radius 1 is 1.29 bits per heavy atom. The van der Waals surface area contributed by atoms with Gasteiger partial charge in [-0.2, -0.15) is 0 Å². The molecule has 0 unspecified atom stereocenters. The molecule has 7 nitrogen and oxygen atoms in total. The molecule has 10 heteroatoms. The molecule has 0 radical (unpaired) electrons. The largest absolute Gasteiger partial charge is 0.388 e. The lowest BCUT2D eigenvalue weighted by molar-refractivity contribution is -0.214. The van der Waals surface area contributed by atoms with Gasteiger partial charge in [-0.3, -0.25) is 0 Å². The van der Waals surface area contributed by atoms with E-state index in [0.29, 0.717) is 3.79 Å². The van der Waals surface area contributed by atoms with Crippen molar-refractivity contribution in [2.75, 3.05) is 6.54 Å². The average molecular weight is 402 g/mol. The molecule has 0 aromatic carbocycles. The lowest BCUT2D eigenvalue weighted by atomic mass is 9.96. The van der Waals surface area contributed by atoms with E-state index in [1.54, 1.807) is 6.07 Å². The minimum Gasteiger partial charge on any atom is -0.388 e. The minimum atomic E-state index is -3.71. The standard InChI is InChI=1S/C11H16BrNO6S2/c1-5-9(14)11(16)10(15)6(19-5)4-13-21(17,18)8-3-2-7(12)20-8/h2-3,5-6,9-11,13-16H,4H2,1H3/t5-,6+,9+,10+,11+/m0/s1. The van der Waals surface area contributed by atoms with Crippen LogP contribution in [0.2, 0.25) is 0 Å². The first kappa shape index (κ1) is 17.3. The lowest BCUT2D eigenvalue weighted by Crippen LogP contribution is -2.59. The monoisotopic (exact) mass is 401 g/mol. The van der Waals surface area contributed by atoms with Gasteiger partial charge in [-0.05, 0) is 35.0 Å². The molecule has 0 saturated carbocycles. The summed E-state index contributed by atoms with van der Waals surface area (Å²) in [6.45, 7) is 1.34. The number of aliphatic hydroxyl groups excluding tert-OH is 3. The first-order chi connectivity index (χ1) is 9.72. The summed E-state index contributed by atoms with van der Waals surface area (Å²) in [4.78, 5) is 0. The highest BCUT2D eigenvalue weighted by atomic mass is 79.9. The molecular weight excluding hydrogens is 386 g/mol. The third kappa shape index (κ3) is 3.82. The van der Waals surface area contributed by atoms with Crippen LogP contribution in [0.1, 0.15) is 6.92 Å². The van der Waals surface area contributed by atoms with Gasteiger partial charge in [-0.1, -0.05) is 0 Å². The number of hydrogen-bond acceptors (Lipinski definition) is 7. The zero-order valence-corrected chi connectivity index (χ0v) is 14.2. The second-order valence-corrected chi connectivity index (χ2v) is 9.22. The number of rotatable bonds is 4. The van der Waals surface area contributed by atoms with Crippen molar-refractivity contribution in [2.45, 2.75) is 41.7 Å². The van der Waals surface area contributed by atoms with E-state index in [-0.39, 0.29) is 10.8 Å². The first-order valence-electron chi connectivity index (χ1n) is 6.17. The van der Waals surface area contributed by atoms with Gasteiger partial charge in [0.25, 0.3) is 0 Å². The Kier molecular flexibility index (Phi) is 5.42. The Balaban J connectivity index is 2.02. The third-order valence-corrected chi connectivity index (χ3v) is 6.78. The smallest absolute Gasteiger partial charge is 0.250 e. The summed E-state index contributed by atoms with van der Waals surface area (Å²) in [7, 11) is -3.71. The molecule has 120 valence electrons. The van der Waals surface area contributed by atoms with Crippen LogP contribution in [0, 0.1) is 0 Å². The van der Waals surface area contributed by atoms with Gasteiger partial charge in [-0.15, -0.1) is 11.3 Å². The molecule has 1 aliphatic heterocycles. The Hall–Kier alpha value is -0.0700.